The second kappa shape index (κ2) is 2.99. The largest absolute Gasteiger partial charge is 0.459 e. The summed E-state index contributed by atoms with van der Waals surface area (Å²) in [6.45, 7) is 1.87. The SMILES string of the molecule is CC1=NC=CC(B(O)O)C1. The lowest BCUT2D eigenvalue weighted by Crippen LogP contribution is -2.21. The van der Waals surface area contributed by atoms with Gasteiger partial charge in [0.15, 0.2) is 0 Å². The van der Waals surface area contributed by atoms with Crippen LogP contribution in [0.5, 0.6) is 0 Å². The van der Waals surface area contributed by atoms with Gasteiger partial charge in [0.05, 0.1) is 0 Å². The van der Waals surface area contributed by atoms with E-state index in [2.05, 4.69) is 4.99 Å². The van der Waals surface area contributed by atoms with Crippen molar-refractivity contribution in [3.8, 4) is 0 Å². The lowest BCUT2D eigenvalue weighted by atomic mass is 9.69. The Hall–Kier alpha value is -0.605. The van der Waals surface area contributed by atoms with Crippen molar-refractivity contribution in [1.82, 2.24) is 0 Å². The summed E-state index contributed by atoms with van der Waals surface area (Å²) < 4.78 is 0. The van der Waals surface area contributed by atoms with Crippen molar-refractivity contribution in [2.45, 2.75) is 19.2 Å². The minimum atomic E-state index is -1.25. The van der Waals surface area contributed by atoms with E-state index >= 15 is 0 Å². The molecule has 54 valence electrons. The maximum atomic E-state index is 8.74. The molecule has 0 aromatic heterocycles. The molecule has 1 atom stereocenters. The van der Waals surface area contributed by atoms with Crippen molar-refractivity contribution in [2.24, 2.45) is 4.99 Å². The van der Waals surface area contributed by atoms with Gasteiger partial charge in [0.2, 0.25) is 0 Å². The van der Waals surface area contributed by atoms with Crippen LogP contribution < -0.4 is 0 Å². The molecule has 1 unspecified atom stereocenters. The molecular formula is C6H10BNO2. The molecule has 2 N–H and O–H groups in total. The standard InChI is InChI=1S/C6H10BNO2/c1-5-4-6(7(9)10)2-3-8-5/h2-3,6,9-10H,4H2,1H3. The van der Waals surface area contributed by atoms with E-state index in [0.29, 0.717) is 6.42 Å². The number of aliphatic imine (C=N–C) groups is 1. The average Bonchev–Trinajstić information content (AvgIpc) is 1.88. The van der Waals surface area contributed by atoms with E-state index in [1.54, 1.807) is 12.3 Å². The zero-order chi connectivity index (χ0) is 7.56. The highest BCUT2D eigenvalue weighted by Crippen LogP contribution is 2.18. The zero-order valence-corrected chi connectivity index (χ0v) is 5.86. The van der Waals surface area contributed by atoms with Crippen LogP contribution in [0.4, 0.5) is 0 Å². The number of hydrogen-bond donors (Lipinski definition) is 2. The Morgan fingerprint density at radius 2 is 2.40 bits per heavy atom. The number of rotatable bonds is 1. The molecule has 0 aliphatic carbocycles. The van der Waals surface area contributed by atoms with E-state index in [0.717, 1.165) is 5.71 Å². The van der Waals surface area contributed by atoms with Crippen molar-refractivity contribution in [1.29, 1.82) is 0 Å². The second-order valence-corrected chi connectivity index (χ2v) is 2.49. The first-order valence-corrected chi connectivity index (χ1v) is 3.26. The Morgan fingerprint density at radius 3 is 2.80 bits per heavy atom. The fourth-order valence-corrected chi connectivity index (χ4v) is 0.947. The molecular weight excluding hydrogens is 129 g/mol. The minimum absolute atomic E-state index is 0.169. The monoisotopic (exact) mass is 139 g/mol. The van der Waals surface area contributed by atoms with Crippen LogP contribution in [0.2, 0.25) is 5.82 Å². The second-order valence-electron chi connectivity index (χ2n) is 2.49. The van der Waals surface area contributed by atoms with Crippen LogP contribution >= 0.6 is 0 Å². The molecule has 1 aliphatic rings. The van der Waals surface area contributed by atoms with Crippen molar-refractivity contribution in [3.63, 3.8) is 0 Å². The summed E-state index contributed by atoms with van der Waals surface area (Å²) in [5, 5.41) is 17.5. The highest BCUT2D eigenvalue weighted by atomic mass is 16.4. The van der Waals surface area contributed by atoms with Crippen LogP contribution in [0.15, 0.2) is 17.3 Å². The van der Waals surface area contributed by atoms with Crippen LogP contribution in [0.3, 0.4) is 0 Å². The Kier molecular flexibility index (Phi) is 2.24. The first kappa shape index (κ1) is 7.50. The van der Waals surface area contributed by atoms with Gasteiger partial charge in [-0.25, -0.2) is 0 Å². The van der Waals surface area contributed by atoms with Crippen LogP contribution in [-0.4, -0.2) is 22.9 Å². The van der Waals surface area contributed by atoms with Crippen LogP contribution in [0.25, 0.3) is 0 Å². The van der Waals surface area contributed by atoms with Crippen molar-refractivity contribution >= 4 is 12.8 Å². The molecule has 0 saturated heterocycles. The smallest absolute Gasteiger partial charge is 0.427 e. The summed E-state index contributed by atoms with van der Waals surface area (Å²) in [7, 11) is -1.25. The molecule has 10 heavy (non-hydrogen) atoms. The van der Waals surface area contributed by atoms with Gasteiger partial charge in [-0.05, 0) is 13.3 Å². The number of nitrogens with zero attached hydrogens (tertiary/aromatic N) is 1. The molecule has 1 aliphatic heterocycles. The summed E-state index contributed by atoms with van der Waals surface area (Å²) in [5.41, 5.74) is 0.945. The summed E-state index contributed by atoms with van der Waals surface area (Å²) in [6, 6.07) is 0. The molecule has 0 fully saturated rings. The molecule has 3 nitrogen and oxygen atoms in total. The molecule has 0 aromatic carbocycles. The van der Waals surface area contributed by atoms with Crippen molar-refractivity contribution in [2.75, 3.05) is 0 Å². The Bertz CT molecular complexity index is 177. The fourth-order valence-electron chi connectivity index (χ4n) is 0.947. The number of hydrogen-bond acceptors (Lipinski definition) is 3. The van der Waals surface area contributed by atoms with Gasteiger partial charge in [0.25, 0.3) is 0 Å². The predicted octanol–water partition coefficient (Wildman–Crippen LogP) is 0.208. The maximum absolute atomic E-state index is 8.74. The van der Waals surface area contributed by atoms with Crippen LogP contribution in [-0.2, 0) is 0 Å². The molecule has 0 saturated carbocycles. The topological polar surface area (TPSA) is 52.8 Å². The zero-order valence-electron chi connectivity index (χ0n) is 5.86. The number of allylic oxidation sites excluding steroid dienone is 1. The fraction of sp³-hybridized carbons (Fsp3) is 0.500. The lowest BCUT2D eigenvalue weighted by Gasteiger charge is -2.13. The summed E-state index contributed by atoms with van der Waals surface area (Å²) in [6.07, 6.45) is 3.97. The average molecular weight is 139 g/mol. The summed E-state index contributed by atoms with van der Waals surface area (Å²) in [4.78, 5) is 3.98. The van der Waals surface area contributed by atoms with Crippen molar-refractivity contribution < 1.29 is 10.0 Å². The molecule has 0 amide bonds. The minimum Gasteiger partial charge on any atom is -0.427 e. The van der Waals surface area contributed by atoms with E-state index < -0.39 is 7.12 Å². The lowest BCUT2D eigenvalue weighted by molar-refractivity contribution is 0.395. The molecule has 0 bridgehead atoms. The van der Waals surface area contributed by atoms with Gasteiger partial charge in [0, 0.05) is 17.7 Å². The van der Waals surface area contributed by atoms with Gasteiger partial charge in [-0.3, -0.25) is 4.99 Å². The van der Waals surface area contributed by atoms with Gasteiger partial charge in [-0.2, -0.15) is 0 Å². The molecule has 4 heteroatoms. The maximum Gasteiger partial charge on any atom is 0.459 e. The first-order valence-electron chi connectivity index (χ1n) is 3.26. The van der Waals surface area contributed by atoms with Gasteiger partial charge in [-0.1, -0.05) is 6.08 Å². The highest BCUT2D eigenvalue weighted by molar-refractivity contribution is 6.44. The Balaban J connectivity index is 2.55. The Labute approximate surface area is 60.2 Å². The molecule has 0 spiro atoms. The third-order valence-electron chi connectivity index (χ3n) is 1.54. The summed E-state index contributed by atoms with van der Waals surface area (Å²) >= 11 is 0. The quantitative estimate of drug-likeness (QED) is 0.510. The third kappa shape index (κ3) is 1.69. The van der Waals surface area contributed by atoms with Gasteiger partial charge in [0.1, 0.15) is 0 Å². The van der Waals surface area contributed by atoms with Gasteiger partial charge < -0.3 is 10.0 Å². The summed E-state index contributed by atoms with van der Waals surface area (Å²) in [5.74, 6) is -0.169. The third-order valence-corrected chi connectivity index (χ3v) is 1.54. The highest BCUT2D eigenvalue weighted by Gasteiger charge is 2.22. The van der Waals surface area contributed by atoms with Crippen molar-refractivity contribution in [3.05, 3.63) is 12.3 Å². The molecule has 0 radical (unpaired) electrons. The normalized spacial score (nSPS) is 24.3. The van der Waals surface area contributed by atoms with E-state index in [1.807, 2.05) is 6.92 Å². The van der Waals surface area contributed by atoms with E-state index in [9.17, 15) is 0 Å². The molecule has 1 rings (SSSR count). The van der Waals surface area contributed by atoms with E-state index in [-0.39, 0.29) is 5.82 Å². The van der Waals surface area contributed by atoms with Gasteiger partial charge >= 0.3 is 7.12 Å². The van der Waals surface area contributed by atoms with Crippen LogP contribution in [0, 0.1) is 0 Å². The molecule has 0 aromatic rings. The molecule has 1 heterocycles. The van der Waals surface area contributed by atoms with E-state index in [1.165, 1.54) is 0 Å². The van der Waals surface area contributed by atoms with Crippen LogP contribution in [0.1, 0.15) is 13.3 Å². The predicted molar refractivity (Wildman–Crippen MR) is 40.8 cm³/mol. The van der Waals surface area contributed by atoms with E-state index in [4.69, 9.17) is 10.0 Å². The first-order chi connectivity index (χ1) is 4.70. The van der Waals surface area contributed by atoms with Gasteiger partial charge in [-0.15, -0.1) is 0 Å². The Morgan fingerprint density at radius 1 is 1.70 bits per heavy atom.